The van der Waals surface area contributed by atoms with Crippen LogP contribution in [0.2, 0.25) is 0 Å². The first-order valence-electron chi connectivity index (χ1n) is 6.38. The van der Waals surface area contributed by atoms with Crippen molar-refractivity contribution in [2.75, 3.05) is 24.6 Å². The van der Waals surface area contributed by atoms with Gasteiger partial charge >= 0.3 is 0 Å². The molecule has 15 heavy (non-hydrogen) atoms. The van der Waals surface area contributed by atoms with Crippen LogP contribution in [0.25, 0.3) is 0 Å². The summed E-state index contributed by atoms with van der Waals surface area (Å²) >= 11 is 2.12. The maximum atomic E-state index is 6.15. The summed E-state index contributed by atoms with van der Waals surface area (Å²) in [7, 11) is 0. The second-order valence-corrected chi connectivity index (χ2v) is 6.18. The Morgan fingerprint density at radius 3 is 2.67 bits per heavy atom. The van der Waals surface area contributed by atoms with E-state index in [2.05, 4.69) is 23.6 Å². The Balaban J connectivity index is 1.87. The Morgan fingerprint density at radius 1 is 1.27 bits per heavy atom. The van der Waals surface area contributed by atoms with E-state index in [0.29, 0.717) is 6.04 Å². The molecule has 2 fully saturated rings. The van der Waals surface area contributed by atoms with Crippen LogP contribution in [0.4, 0.5) is 0 Å². The normalized spacial score (nSPS) is 35.6. The second kappa shape index (κ2) is 5.55. The molecule has 0 aliphatic carbocycles. The molecule has 2 saturated heterocycles. The zero-order chi connectivity index (χ0) is 10.7. The predicted octanol–water partition coefficient (Wildman–Crippen LogP) is 1.94. The van der Waals surface area contributed by atoms with E-state index in [9.17, 15) is 0 Å². The minimum atomic E-state index is 0.462. The lowest BCUT2D eigenvalue weighted by molar-refractivity contribution is 0.101. The maximum absolute atomic E-state index is 6.15. The smallest absolute Gasteiger partial charge is 0.0111 e. The van der Waals surface area contributed by atoms with Crippen LogP contribution in [-0.4, -0.2) is 41.6 Å². The van der Waals surface area contributed by atoms with E-state index in [1.807, 2.05) is 0 Å². The Kier molecular flexibility index (Phi) is 4.35. The highest BCUT2D eigenvalue weighted by atomic mass is 32.2. The molecule has 0 saturated carbocycles. The molecule has 2 atom stereocenters. The Labute approximate surface area is 98.0 Å². The van der Waals surface area contributed by atoms with E-state index in [4.69, 9.17) is 5.73 Å². The summed E-state index contributed by atoms with van der Waals surface area (Å²) in [6.07, 6.45) is 5.26. The van der Waals surface area contributed by atoms with Gasteiger partial charge in [-0.2, -0.15) is 11.8 Å². The summed E-state index contributed by atoms with van der Waals surface area (Å²) < 4.78 is 0. The minimum absolute atomic E-state index is 0.462. The van der Waals surface area contributed by atoms with Crippen LogP contribution in [0, 0.1) is 5.92 Å². The third-order valence-corrected chi connectivity index (χ3v) is 5.10. The summed E-state index contributed by atoms with van der Waals surface area (Å²) in [6, 6.07) is 1.33. The molecule has 2 N–H and O–H groups in total. The maximum Gasteiger partial charge on any atom is 0.0111 e. The monoisotopic (exact) mass is 228 g/mol. The van der Waals surface area contributed by atoms with Crippen molar-refractivity contribution >= 4 is 11.8 Å². The molecule has 2 nitrogen and oxygen atoms in total. The second-order valence-electron chi connectivity index (χ2n) is 4.96. The van der Waals surface area contributed by atoms with Gasteiger partial charge in [0.05, 0.1) is 0 Å². The molecule has 0 aromatic rings. The Hall–Kier alpha value is 0.270. The highest BCUT2D eigenvalue weighted by molar-refractivity contribution is 7.99. The zero-order valence-corrected chi connectivity index (χ0v) is 10.6. The molecule has 2 heterocycles. The van der Waals surface area contributed by atoms with Crippen LogP contribution in [0.5, 0.6) is 0 Å². The summed E-state index contributed by atoms with van der Waals surface area (Å²) in [4.78, 5) is 2.72. The molecule has 88 valence electrons. The van der Waals surface area contributed by atoms with E-state index in [0.717, 1.165) is 12.0 Å². The number of hydrogen-bond donors (Lipinski definition) is 1. The van der Waals surface area contributed by atoms with Gasteiger partial charge in [0.2, 0.25) is 0 Å². The number of likely N-dealkylation sites (tertiary alicyclic amines) is 1. The van der Waals surface area contributed by atoms with Gasteiger partial charge in [-0.1, -0.05) is 13.3 Å². The van der Waals surface area contributed by atoms with Crippen molar-refractivity contribution in [1.29, 1.82) is 0 Å². The molecular weight excluding hydrogens is 204 g/mol. The number of rotatable bonds is 2. The summed E-state index contributed by atoms with van der Waals surface area (Å²) in [5, 5.41) is 0. The van der Waals surface area contributed by atoms with E-state index >= 15 is 0 Å². The van der Waals surface area contributed by atoms with Crippen LogP contribution in [-0.2, 0) is 0 Å². The molecule has 0 aromatic heterocycles. The molecular formula is C12H24N2S. The number of thioether (sulfide) groups is 1. The van der Waals surface area contributed by atoms with Crippen LogP contribution >= 0.6 is 11.8 Å². The van der Waals surface area contributed by atoms with Gasteiger partial charge in [-0.05, 0) is 43.2 Å². The summed E-state index contributed by atoms with van der Waals surface area (Å²) in [6.45, 7) is 4.78. The first-order valence-corrected chi connectivity index (χ1v) is 7.54. The standard InChI is InChI=1S/C12H24N2S/c1-2-10-9-14(6-3-12(10)13)11-4-7-15-8-5-11/h10-12H,2-9,13H2,1H3. The largest absolute Gasteiger partial charge is 0.327 e. The van der Waals surface area contributed by atoms with Crippen LogP contribution in [0.3, 0.4) is 0 Å². The average Bonchev–Trinajstić information content (AvgIpc) is 2.31. The van der Waals surface area contributed by atoms with Gasteiger partial charge in [-0.25, -0.2) is 0 Å². The molecule has 0 bridgehead atoms. The Morgan fingerprint density at radius 2 is 2.00 bits per heavy atom. The van der Waals surface area contributed by atoms with Gasteiger partial charge in [-0.15, -0.1) is 0 Å². The molecule has 0 amide bonds. The highest BCUT2D eigenvalue weighted by Crippen LogP contribution is 2.27. The number of hydrogen-bond acceptors (Lipinski definition) is 3. The predicted molar refractivity (Wildman–Crippen MR) is 68.3 cm³/mol. The lowest BCUT2D eigenvalue weighted by Gasteiger charge is -2.42. The quantitative estimate of drug-likeness (QED) is 0.783. The van der Waals surface area contributed by atoms with Gasteiger partial charge < -0.3 is 5.73 Å². The molecule has 0 aromatic carbocycles. The number of piperidine rings is 1. The van der Waals surface area contributed by atoms with E-state index < -0.39 is 0 Å². The van der Waals surface area contributed by atoms with Gasteiger partial charge in [0.25, 0.3) is 0 Å². The van der Waals surface area contributed by atoms with Crippen LogP contribution in [0.1, 0.15) is 32.6 Å². The summed E-state index contributed by atoms with van der Waals surface area (Å²) in [5.41, 5.74) is 6.15. The van der Waals surface area contributed by atoms with Gasteiger partial charge in [-0.3, -0.25) is 4.90 Å². The molecule has 2 aliphatic rings. The van der Waals surface area contributed by atoms with Crippen molar-refractivity contribution in [3.05, 3.63) is 0 Å². The number of nitrogens with two attached hydrogens (primary N) is 1. The van der Waals surface area contributed by atoms with Gasteiger partial charge in [0, 0.05) is 18.6 Å². The fourth-order valence-corrected chi connectivity index (χ4v) is 3.97. The van der Waals surface area contributed by atoms with Crippen LogP contribution in [0.15, 0.2) is 0 Å². The van der Waals surface area contributed by atoms with Crippen molar-refractivity contribution in [3.8, 4) is 0 Å². The van der Waals surface area contributed by atoms with Gasteiger partial charge in [0.1, 0.15) is 0 Å². The lowest BCUT2D eigenvalue weighted by Crippen LogP contribution is -2.51. The first kappa shape index (κ1) is 11.7. The molecule has 2 unspecified atom stereocenters. The molecule has 0 spiro atoms. The van der Waals surface area contributed by atoms with E-state index in [1.54, 1.807) is 0 Å². The fraction of sp³-hybridized carbons (Fsp3) is 1.00. The van der Waals surface area contributed by atoms with E-state index in [1.165, 1.54) is 50.3 Å². The van der Waals surface area contributed by atoms with Crippen molar-refractivity contribution in [1.82, 2.24) is 4.90 Å². The first-order chi connectivity index (χ1) is 7.31. The van der Waals surface area contributed by atoms with Crippen molar-refractivity contribution in [2.45, 2.75) is 44.7 Å². The van der Waals surface area contributed by atoms with Crippen molar-refractivity contribution in [3.63, 3.8) is 0 Å². The van der Waals surface area contributed by atoms with Crippen LogP contribution < -0.4 is 5.73 Å². The lowest BCUT2D eigenvalue weighted by atomic mass is 9.89. The highest BCUT2D eigenvalue weighted by Gasteiger charge is 2.30. The molecule has 2 rings (SSSR count). The topological polar surface area (TPSA) is 29.3 Å². The number of nitrogens with zero attached hydrogens (tertiary/aromatic N) is 1. The Bertz CT molecular complexity index is 192. The zero-order valence-electron chi connectivity index (χ0n) is 9.82. The molecule has 3 heteroatoms. The SMILES string of the molecule is CCC1CN(C2CCSCC2)CCC1N. The molecule has 0 radical (unpaired) electrons. The third-order valence-electron chi connectivity index (χ3n) is 4.06. The fourth-order valence-electron chi connectivity index (χ4n) is 2.89. The van der Waals surface area contributed by atoms with Crippen molar-refractivity contribution in [2.24, 2.45) is 11.7 Å². The minimum Gasteiger partial charge on any atom is -0.327 e. The van der Waals surface area contributed by atoms with E-state index in [-0.39, 0.29) is 0 Å². The average molecular weight is 228 g/mol. The van der Waals surface area contributed by atoms with Crippen molar-refractivity contribution < 1.29 is 0 Å². The molecule has 2 aliphatic heterocycles. The third kappa shape index (κ3) is 2.89. The summed E-state index contributed by atoms with van der Waals surface area (Å²) in [5.74, 6) is 3.47. The van der Waals surface area contributed by atoms with Gasteiger partial charge in [0.15, 0.2) is 0 Å².